The zero-order chi connectivity index (χ0) is 18.6. The lowest BCUT2D eigenvalue weighted by Crippen LogP contribution is -2.36. The summed E-state index contributed by atoms with van der Waals surface area (Å²) in [5.41, 5.74) is 2.58. The maximum atomic E-state index is 12.5. The van der Waals surface area contributed by atoms with Crippen molar-refractivity contribution in [1.29, 1.82) is 0 Å². The van der Waals surface area contributed by atoms with Crippen molar-refractivity contribution in [2.24, 2.45) is 5.92 Å². The second kappa shape index (κ2) is 7.84. The zero-order valence-electron chi connectivity index (χ0n) is 15.4. The maximum absolute atomic E-state index is 12.5. The van der Waals surface area contributed by atoms with Gasteiger partial charge < -0.3 is 4.52 Å². The standard InChI is InChI=1S/C20H23N5O2/c1-15-10-18(23-27-15)13-24-8-4-16(5-9-24)12-25-14-22-19(11-20(25)26)17-2-6-21-7-3-17/h2-3,6-7,10-11,14,16H,4-5,8-9,12-13H2,1H3. The minimum Gasteiger partial charge on any atom is -0.361 e. The van der Waals surface area contributed by atoms with Crippen LogP contribution in [0.5, 0.6) is 0 Å². The summed E-state index contributed by atoms with van der Waals surface area (Å²) in [6, 6.07) is 7.31. The van der Waals surface area contributed by atoms with Gasteiger partial charge in [-0.2, -0.15) is 0 Å². The molecule has 3 aromatic heterocycles. The van der Waals surface area contributed by atoms with E-state index in [1.807, 2.05) is 25.1 Å². The topological polar surface area (TPSA) is 77.1 Å². The molecule has 1 fully saturated rings. The average molecular weight is 365 g/mol. The quantitative estimate of drug-likeness (QED) is 0.691. The summed E-state index contributed by atoms with van der Waals surface area (Å²) in [5, 5.41) is 4.07. The van der Waals surface area contributed by atoms with E-state index in [2.05, 4.69) is 20.0 Å². The number of hydrogen-bond donors (Lipinski definition) is 0. The molecule has 7 nitrogen and oxygen atoms in total. The summed E-state index contributed by atoms with van der Waals surface area (Å²) in [6.45, 7) is 5.47. The molecule has 3 aromatic rings. The van der Waals surface area contributed by atoms with Crippen molar-refractivity contribution in [3.63, 3.8) is 0 Å². The van der Waals surface area contributed by atoms with Crippen molar-refractivity contribution in [2.75, 3.05) is 13.1 Å². The van der Waals surface area contributed by atoms with Crippen LogP contribution in [0.1, 0.15) is 24.3 Å². The molecule has 4 heterocycles. The fraction of sp³-hybridized carbons (Fsp3) is 0.400. The van der Waals surface area contributed by atoms with Gasteiger partial charge >= 0.3 is 0 Å². The zero-order valence-corrected chi connectivity index (χ0v) is 15.4. The first-order chi connectivity index (χ1) is 13.2. The molecule has 0 aliphatic carbocycles. The minimum absolute atomic E-state index is 0.00249. The molecule has 27 heavy (non-hydrogen) atoms. The molecule has 7 heteroatoms. The number of hydrogen-bond acceptors (Lipinski definition) is 6. The number of aromatic nitrogens is 4. The van der Waals surface area contributed by atoms with Gasteiger partial charge in [-0.1, -0.05) is 5.16 Å². The summed E-state index contributed by atoms with van der Waals surface area (Å²) in [4.78, 5) is 23.3. The second-order valence-electron chi connectivity index (χ2n) is 7.15. The van der Waals surface area contributed by atoms with Crippen LogP contribution in [0.15, 0.2) is 52.3 Å². The Morgan fingerprint density at radius 2 is 1.96 bits per heavy atom. The summed E-state index contributed by atoms with van der Waals surface area (Å²) in [6.07, 6.45) is 7.21. The van der Waals surface area contributed by atoms with Crippen LogP contribution in [0.2, 0.25) is 0 Å². The van der Waals surface area contributed by atoms with E-state index in [4.69, 9.17) is 4.52 Å². The molecule has 1 saturated heterocycles. The lowest BCUT2D eigenvalue weighted by molar-refractivity contribution is 0.163. The first-order valence-corrected chi connectivity index (χ1v) is 9.29. The Kier molecular flexibility index (Phi) is 5.11. The SMILES string of the molecule is Cc1cc(CN2CCC(Cn3cnc(-c4ccncc4)cc3=O)CC2)no1. The molecule has 140 valence electrons. The van der Waals surface area contributed by atoms with Crippen LogP contribution in [-0.2, 0) is 13.1 Å². The second-order valence-corrected chi connectivity index (χ2v) is 7.15. The first-order valence-electron chi connectivity index (χ1n) is 9.29. The summed E-state index contributed by atoms with van der Waals surface area (Å²) < 4.78 is 6.86. The number of nitrogens with zero attached hydrogens (tertiary/aromatic N) is 5. The van der Waals surface area contributed by atoms with Gasteiger partial charge in [0.15, 0.2) is 0 Å². The number of piperidine rings is 1. The summed E-state index contributed by atoms with van der Waals surface area (Å²) in [7, 11) is 0. The van der Waals surface area contributed by atoms with Crippen LogP contribution >= 0.6 is 0 Å². The molecule has 1 aliphatic heterocycles. The summed E-state index contributed by atoms with van der Waals surface area (Å²) >= 11 is 0. The monoisotopic (exact) mass is 365 g/mol. The van der Waals surface area contributed by atoms with Gasteiger partial charge in [0.2, 0.25) is 0 Å². The normalized spacial score (nSPS) is 15.9. The van der Waals surface area contributed by atoms with E-state index in [0.29, 0.717) is 11.6 Å². The molecule has 0 aromatic carbocycles. The van der Waals surface area contributed by atoms with E-state index >= 15 is 0 Å². The highest BCUT2D eigenvalue weighted by Gasteiger charge is 2.21. The molecule has 0 amide bonds. The van der Waals surface area contributed by atoms with Gasteiger partial charge in [0.25, 0.3) is 5.56 Å². The molecule has 0 bridgehead atoms. The maximum Gasteiger partial charge on any atom is 0.253 e. The number of aryl methyl sites for hydroxylation is 1. The van der Waals surface area contributed by atoms with Crippen molar-refractivity contribution < 1.29 is 4.52 Å². The lowest BCUT2D eigenvalue weighted by Gasteiger charge is -2.31. The van der Waals surface area contributed by atoms with Gasteiger partial charge in [-0.3, -0.25) is 19.2 Å². The van der Waals surface area contributed by atoms with E-state index in [1.165, 1.54) is 0 Å². The third kappa shape index (κ3) is 4.31. The molecule has 0 radical (unpaired) electrons. The molecule has 0 unspecified atom stereocenters. The van der Waals surface area contributed by atoms with Gasteiger partial charge in [-0.25, -0.2) is 4.98 Å². The fourth-order valence-corrected chi connectivity index (χ4v) is 3.57. The lowest BCUT2D eigenvalue weighted by atomic mass is 9.96. The van der Waals surface area contributed by atoms with Crippen molar-refractivity contribution in [2.45, 2.75) is 32.9 Å². The molecule has 0 atom stereocenters. The minimum atomic E-state index is -0.00249. The van der Waals surface area contributed by atoms with Gasteiger partial charge in [-0.05, 0) is 50.9 Å². The van der Waals surface area contributed by atoms with Crippen molar-refractivity contribution in [3.05, 3.63) is 64.8 Å². The smallest absolute Gasteiger partial charge is 0.253 e. The Labute approximate surface area is 157 Å². The largest absolute Gasteiger partial charge is 0.361 e. The Morgan fingerprint density at radius 3 is 2.63 bits per heavy atom. The molecule has 1 aliphatic rings. The third-order valence-corrected chi connectivity index (χ3v) is 5.08. The molecular weight excluding hydrogens is 342 g/mol. The van der Waals surface area contributed by atoms with Gasteiger partial charge in [-0.15, -0.1) is 0 Å². The van der Waals surface area contributed by atoms with Crippen LogP contribution in [0.3, 0.4) is 0 Å². The third-order valence-electron chi connectivity index (χ3n) is 5.08. The Balaban J connectivity index is 1.34. The van der Waals surface area contributed by atoms with Crippen molar-refractivity contribution in [1.82, 2.24) is 24.6 Å². The predicted molar refractivity (Wildman–Crippen MR) is 101 cm³/mol. The molecular formula is C20H23N5O2. The average Bonchev–Trinajstić information content (AvgIpc) is 3.10. The fourth-order valence-electron chi connectivity index (χ4n) is 3.57. The highest BCUT2D eigenvalue weighted by molar-refractivity contribution is 5.57. The van der Waals surface area contributed by atoms with Crippen LogP contribution in [0, 0.1) is 12.8 Å². The van der Waals surface area contributed by atoms with Crippen LogP contribution in [0.25, 0.3) is 11.3 Å². The highest BCUT2D eigenvalue weighted by atomic mass is 16.5. The van der Waals surface area contributed by atoms with Crippen LogP contribution in [0.4, 0.5) is 0 Å². The van der Waals surface area contributed by atoms with E-state index in [-0.39, 0.29) is 5.56 Å². The van der Waals surface area contributed by atoms with Gasteiger partial charge in [0.05, 0.1) is 17.7 Å². The summed E-state index contributed by atoms with van der Waals surface area (Å²) in [5.74, 6) is 1.34. The number of likely N-dealkylation sites (tertiary alicyclic amines) is 1. The van der Waals surface area contributed by atoms with Crippen molar-refractivity contribution >= 4 is 0 Å². The Bertz CT molecular complexity index is 942. The first kappa shape index (κ1) is 17.6. The van der Waals surface area contributed by atoms with E-state index in [9.17, 15) is 4.79 Å². The van der Waals surface area contributed by atoms with E-state index < -0.39 is 0 Å². The van der Waals surface area contributed by atoms with Gasteiger partial charge in [0, 0.05) is 43.2 Å². The number of pyridine rings is 1. The van der Waals surface area contributed by atoms with Crippen LogP contribution < -0.4 is 5.56 Å². The van der Waals surface area contributed by atoms with Gasteiger partial charge in [0.1, 0.15) is 5.76 Å². The Morgan fingerprint density at radius 1 is 1.19 bits per heavy atom. The molecule has 0 spiro atoms. The van der Waals surface area contributed by atoms with Crippen molar-refractivity contribution in [3.8, 4) is 11.3 Å². The Hall–Kier alpha value is -2.80. The van der Waals surface area contributed by atoms with E-state index in [1.54, 1.807) is 29.4 Å². The van der Waals surface area contributed by atoms with Crippen LogP contribution in [-0.4, -0.2) is 37.7 Å². The highest BCUT2D eigenvalue weighted by Crippen LogP contribution is 2.20. The molecule has 0 saturated carbocycles. The molecule has 4 rings (SSSR count). The van der Waals surface area contributed by atoms with E-state index in [0.717, 1.165) is 56.0 Å². The predicted octanol–water partition coefficient (Wildman–Crippen LogP) is 2.51. The molecule has 0 N–H and O–H groups in total. The number of rotatable bonds is 5.